The van der Waals surface area contributed by atoms with Gasteiger partial charge in [-0.2, -0.15) is 0 Å². The molecule has 2 aliphatic heterocycles. The van der Waals surface area contributed by atoms with E-state index in [-0.39, 0.29) is 18.2 Å². The summed E-state index contributed by atoms with van der Waals surface area (Å²) in [5, 5.41) is 2.30. The van der Waals surface area contributed by atoms with Gasteiger partial charge in [0, 0.05) is 12.1 Å². The van der Waals surface area contributed by atoms with Crippen LogP contribution >= 0.6 is 0 Å². The molecule has 2 aliphatic rings. The fourth-order valence-corrected chi connectivity index (χ4v) is 3.89. The number of nitrogens with zero attached hydrogens (tertiary/aromatic N) is 1. The number of carbonyl (C=O) groups is 3. The van der Waals surface area contributed by atoms with Gasteiger partial charge in [-0.3, -0.25) is 24.6 Å². The van der Waals surface area contributed by atoms with E-state index in [2.05, 4.69) is 11.9 Å². The van der Waals surface area contributed by atoms with Crippen molar-refractivity contribution < 1.29 is 19.1 Å². The molecule has 3 N–H and O–H groups in total. The average molecular weight is 399 g/mol. The predicted molar refractivity (Wildman–Crippen MR) is 110 cm³/mol. The third kappa shape index (κ3) is 4.67. The lowest BCUT2D eigenvalue weighted by Gasteiger charge is -2.30. The van der Waals surface area contributed by atoms with E-state index in [0.29, 0.717) is 35.6 Å². The van der Waals surface area contributed by atoms with Gasteiger partial charge in [0.25, 0.3) is 5.91 Å². The minimum atomic E-state index is -0.721. The normalized spacial score (nSPS) is 18.8. The number of ether oxygens (including phenoxy) is 1. The van der Waals surface area contributed by atoms with Gasteiger partial charge in [0.1, 0.15) is 11.8 Å². The first-order valence-electron chi connectivity index (χ1n) is 10.4. The van der Waals surface area contributed by atoms with Crippen molar-refractivity contribution in [2.24, 2.45) is 5.73 Å². The molecule has 1 fully saturated rings. The van der Waals surface area contributed by atoms with Crippen molar-refractivity contribution in [3.8, 4) is 5.75 Å². The molecule has 29 heavy (non-hydrogen) atoms. The second-order valence-electron chi connectivity index (χ2n) is 7.53. The first-order chi connectivity index (χ1) is 14.0. The summed E-state index contributed by atoms with van der Waals surface area (Å²) in [5.74, 6) is -0.433. The molecule has 156 valence electrons. The highest BCUT2D eigenvalue weighted by molar-refractivity contribution is 6.13. The van der Waals surface area contributed by atoms with Gasteiger partial charge in [-0.15, -0.1) is 0 Å². The maximum atomic E-state index is 12.9. The lowest BCUT2D eigenvalue weighted by atomic mass is 10.0. The van der Waals surface area contributed by atoms with Gasteiger partial charge in [-0.1, -0.05) is 38.3 Å². The van der Waals surface area contributed by atoms with Crippen molar-refractivity contribution in [3.63, 3.8) is 0 Å². The molecular weight excluding hydrogens is 370 g/mol. The number of rotatable bonds is 10. The van der Waals surface area contributed by atoms with Gasteiger partial charge in [0.15, 0.2) is 0 Å². The van der Waals surface area contributed by atoms with Gasteiger partial charge in [0.05, 0.1) is 17.7 Å². The van der Waals surface area contributed by atoms with Crippen LogP contribution in [0.25, 0.3) is 5.70 Å². The van der Waals surface area contributed by atoms with Crippen molar-refractivity contribution in [1.29, 1.82) is 0 Å². The Labute approximate surface area is 171 Å². The van der Waals surface area contributed by atoms with E-state index >= 15 is 0 Å². The van der Waals surface area contributed by atoms with E-state index in [1.165, 1.54) is 17.7 Å². The van der Waals surface area contributed by atoms with Crippen molar-refractivity contribution in [1.82, 2.24) is 10.2 Å². The van der Waals surface area contributed by atoms with E-state index in [9.17, 15) is 14.4 Å². The fraction of sp³-hybridized carbons (Fsp3) is 0.500. The van der Waals surface area contributed by atoms with Crippen molar-refractivity contribution in [2.75, 3.05) is 13.2 Å². The van der Waals surface area contributed by atoms with Crippen LogP contribution in [0.15, 0.2) is 24.8 Å². The summed E-state index contributed by atoms with van der Waals surface area (Å²) in [4.78, 5) is 38.0. The van der Waals surface area contributed by atoms with Crippen molar-refractivity contribution >= 4 is 23.4 Å². The lowest BCUT2D eigenvalue weighted by Crippen LogP contribution is -2.52. The number of unbranched alkanes of at least 4 members (excludes halogenated alkanes) is 5. The third-order valence-corrected chi connectivity index (χ3v) is 5.43. The highest BCUT2D eigenvalue weighted by atomic mass is 16.5. The van der Waals surface area contributed by atoms with Gasteiger partial charge in [-0.05, 0) is 37.9 Å². The Morgan fingerprint density at radius 3 is 2.55 bits per heavy atom. The Bertz CT molecular complexity index is 805. The summed E-state index contributed by atoms with van der Waals surface area (Å²) in [7, 11) is 0. The van der Waals surface area contributed by atoms with Crippen LogP contribution in [-0.4, -0.2) is 41.8 Å². The molecule has 0 bridgehead atoms. The number of fused-ring (bicyclic) bond motifs is 1. The molecule has 0 radical (unpaired) electrons. The SMILES string of the molecule is C=C1c2c(OCCCCCCCCN)cccc2C(=O)N1C1CCC(=O)NC1=O. The molecule has 1 aromatic rings. The number of imide groups is 1. The monoisotopic (exact) mass is 399 g/mol. The summed E-state index contributed by atoms with van der Waals surface area (Å²) in [5.41, 5.74) is 7.08. The first kappa shape index (κ1) is 21.0. The van der Waals surface area contributed by atoms with Crippen LogP contribution in [0, 0.1) is 0 Å². The number of piperidine rings is 1. The largest absolute Gasteiger partial charge is 0.493 e. The highest BCUT2D eigenvalue weighted by Gasteiger charge is 2.42. The first-order valence-corrected chi connectivity index (χ1v) is 10.4. The average Bonchev–Trinajstić information content (AvgIpc) is 2.95. The summed E-state index contributed by atoms with van der Waals surface area (Å²) in [6.45, 7) is 5.37. The number of carbonyl (C=O) groups excluding carboxylic acids is 3. The molecule has 2 heterocycles. The van der Waals surface area contributed by atoms with Crippen LogP contribution in [0.5, 0.6) is 5.75 Å². The molecule has 1 aromatic carbocycles. The minimum absolute atomic E-state index is 0.207. The molecular formula is C22H29N3O4. The molecule has 7 heteroatoms. The van der Waals surface area contributed by atoms with E-state index < -0.39 is 11.9 Å². The zero-order chi connectivity index (χ0) is 20.8. The van der Waals surface area contributed by atoms with E-state index in [1.54, 1.807) is 12.1 Å². The van der Waals surface area contributed by atoms with E-state index in [4.69, 9.17) is 10.5 Å². The Morgan fingerprint density at radius 2 is 1.83 bits per heavy atom. The molecule has 3 rings (SSSR count). The number of amides is 3. The second-order valence-corrected chi connectivity index (χ2v) is 7.53. The lowest BCUT2D eigenvalue weighted by molar-refractivity contribution is -0.136. The Hall–Kier alpha value is -2.67. The number of benzene rings is 1. The van der Waals surface area contributed by atoms with Crippen LogP contribution in [0.2, 0.25) is 0 Å². The summed E-state index contributed by atoms with van der Waals surface area (Å²) >= 11 is 0. The van der Waals surface area contributed by atoms with Crippen molar-refractivity contribution in [3.05, 3.63) is 35.9 Å². The molecule has 0 saturated carbocycles. The minimum Gasteiger partial charge on any atom is -0.493 e. The third-order valence-electron chi connectivity index (χ3n) is 5.43. The smallest absolute Gasteiger partial charge is 0.259 e. The molecule has 7 nitrogen and oxygen atoms in total. The summed E-state index contributed by atoms with van der Waals surface area (Å²) in [6.07, 6.45) is 7.11. The molecule has 3 amide bonds. The van der Waals surface area contributed by atoms with Gasteiger partial charge in [0.2, 0.25) is 11.8 Å². The Kier molecular flexibility index (Phi) is 7.04. The molecule has 0 aromatic heterocycles. The van der Waals surface area contributed by atoms with Crippen LogP contribution in [0.4, 0.5) is 0 Å². The van der Waals surface area contributed by atoms with E-state index in [0.717, 1.165) is 32.2 Å². The number of hydrogen-bond acceptors (Lipinski definition) is 5. The topological polar surface area (TPSA) is 102 Å². The summed E-state index contributed by atoms with van der Waals surface area (Å²) in [6, 6.07) is 4.60. The highest BCUT2D eigenvalue weighted by Crippen LogP contribution is 2.40. The zero-order valence-corrected chi connectivity index (χ0v) is 16.7. The fourth-order valence-electron chi connectivity index (χ4n) is 3.89. The maximum absolute atomic E-state index is 12.9. The quantitative estimate of drug-likeness (QED) is 0.465. The van der Waals surface area contributed by atoms with Crippen LogP contribution in [0.3, 0.4) is 0 Å². The Morgan fingerprint density at radius 1 is 1.10 bits per heavy atom. The standard InChI is InChI=1S/C22H29N3O4/c1-15-20-16(22(28)25(15)17-11-12-19(26)24-21(17)27)9-8-10-18(20)29-14-7-5-3-2-4-6-13-23/h8-10,17H,1-7,11-14,23H2,(H,24,26,27). The van der Waals surface area contributed by atoms with Crippen LogP contribution < -0.4 is 15.8 Å². The number of hydrogen-bond donors (Lipinski definition) is 2. The molecule has 0 aliphatic carbocycles. The van der Waals surface area contributed by atoms with Gasteiger partial charge < -0.3 is 10.5 Å². The molecule has 1 saturated heterocycles. The summed E-state index contributed by atoms with van der Waals surface area (Å²) < 4.78 is 5.96. The van der Waals surface area contributed by atoms with Gasteiger partial charge >= 0.3 is 0 Å². The molecule has 0 spiro atoms. The second kappa shape index (κ2) is 9.69. The molecule has 1 unspecified atom stereocenters. The van der Waals surface area contributed by atoms with Crippen LogP contribution in [0.1, 0.15) is 67.3 Å². The van der Waals surface area contributed by atoms with Crippen molar-refractivity contribution in [2.45, 2.75) is 57.4 Å². The number of nitrogens with one attached hydrogen (secondary N) is 1. The zero-order valence-electron chi connectivity index (χ0n) is 16.7. The Balaban J connectivity index is 1.61. The number of nitrogens with two attached hydrogens (primary N) is 1. The molecule has 1 atom stereocenters. The maximum Gasteiger partial charge on any atom is 0.259 e. The van der Waals surface area contributed by atoms with Crippen LogP contribution in [-0.2, 0) is 9.59 Å². The van der Waals surface area contributed by atoms with E-state index in [1.807, 2.05) is 6.07 Å². The predicted octanol–water partition coefficient (Wildman–Crippen LogP) is 2.60. The van der Waals surface area contributed by atoms with Gasteiger partial charge in [-0.25, -0.2) is 0 Å².